The number of carbonyl (C=O) groups is 2. The molecule has 10 heteroatoms. The molecule has 0 N–H and O–H groups in total. The molecule has 0 aromatic carbocycles. The number of hydrogen-bond donors (Lipinski definition) is 0. The maximum Gasteiger partial charge on any atom is 0.227 e. The van der Waals surface area contributed by atoms with Crippen LogP contribution in [0.2, 0.25) is 0 Å². The van der Waals surface area contributed by atoms with E-state index in [-0.39, 0.29) is 35.0 Å². The number of anilines is 1. The van der Waals surface area contributed by atoms with Crippen molar-refractivity contribution in [2.45, 2.75) is 42.9 Å². The van der Waals surface area contributed by atoms with Crippen molar-refractivity contribution < 1.29 is 18.0 Å². The largest absolute Gasteiger partial charge is 0.345 e. The third-order valence-corrected chi connectivity index (χ3v) is 7.56. The highest BCUT2D eigenvalue weighted by Gasteiger charge is 2.37. The Kier molecular flexibility index (Phi) is 5.69. The molecule has 30 heavy (non-hydrogen) atoms. The number of rotatable bonds is 4. The summed E-state index contributed by atoms with van der Waals surface area (Å²) in [6.45, 7) is 3.34. The quantitative estimate of drug-likeness (QED) is 0.684. The summed E-state index contributed by atoms with van der Waals surface area (Å²) in [6.07, 6.45) is 6.40. The van der Waals surface area contributed by atoms with Crippen molar-refractivity contribution in [1.82, 2.24) is 19.8 Å². The number of carbonyl (C=O) groups excluding carboxylic acids is 2. The third kappa shape index (κ3) is 4.14. The molecule has 4 heterocycles. The normalized spacial score (nSPS) is 23.5. The van der Waals surface area contributed by atoms with E-state index in [0.717, 1.165) is 25.9 Å². The maximum absolute atomic E-state index is 12.8. The Bertz CT molecular complexity index is 937. The van der Waals surface area contributed by atoms with Crippen LogP contribution in [0, 0.1) is 5.92 Å². The van der Waals surface area contributed by atoms with Gasteiger partial charge in [-0.15, -0.1) is 0 Å². The molecular weight excluding hydrogens is 406 g/mol. The van der Waals surface area contributed by atoms with Gasteiger partial charge in [0.25, 0.3) is 0 Å². The number of hydrogen-bond acceptors (Lipinski definition) is 7. The van der Waals surface area contributed by atoms with Crippen LogP contribution in [0.5, 0.6) is 0 Å². The van der Waals surface area contributed by atoms with Crippen LogP contribution in [0.4, 0.5) is 5.95 Å². The highest BCUT2D eigenvalue weighted by molar-refractivity contribution is 7.90. The van der Waals surface area contributed by atoms with E-state index in [4.69, 9.17) is 4.98 Å². The molecule has 1 atom stereocenters. The summed E-state index contributed by atoms with van der Waals surface area (Å²) in [7, 11) is -1.72. The molecule has 1 aromatic heterocycles. The van der Waals surface area contributed by atoms with Crippen molar-refractivity contribution >= 4 is 27.6 Å². The summed E-state index contributed by atoms with van der Waals surface area (Å²) in [4.78, 5) is 39.3. The summed E-state index contributed by atoms with van der Waals surface area (Å²) < 4.78 is 24.7. The molecule has 2 amide bonds. The molecule has 0 aliphatic carbocycles. The zero-order chi connectivity index (χ0) is 21.5. The van der Waals surface area contributed by atoms with Crippen LogP contribution in [-0.2, 0) is 19.4 Å². The van der Waals surface area contributed by atoms with Gasteiger partial charge in [-0.3, -0.25) is 9.59 Å². The second-order valence-electron chi connectivity index (χ2n) is 8.66. The summed E-state index contributed by atoms with van der Waals surface area (Å²) >= 11 is 0. The van der Waals surface area contributed by atoms with Crippen molar-refractivity contribution in [3.8, 4) is 0 Å². The Morgan fingerprint density at radius 1 is 1.13 bits per heavy atom. The van der Waals surface area contributed by atoms with Crippen LogP contribution in [0.3, 0.4) is 0 Å². The van der Waals surface area contributed by atoms with Gasteiger partial charge >= 0.3 is 0 Å². The Balaban J connectivity index is 1.50. The minimum absolute atomic E-state index is 0.0106. The van der Waals surface area contributed by atoms with Gasteiger partial charge in [-0.1, -0.05) is 0 Å². The van der Waals surface area contributed by atoms with Gasteiger partial charge in [0.05, 0.1) is 17.8 Å². The molecule has 3 fully saturated rings. The molecule has 0 radical (unpaired) electrons. The summed E-state index contributed by atoms with van der Waals surface area (Å²) in [5.41, 5.74) is 0.581. The molecule has 3 aliphatic heterocycles. The van der Waals surface area contributed by atoms with Gasteiger partial charge in [0.15, 0.2) is 9.84 Å². The van der Waals surface area contributed by atoms with E-state index in [1.807, 2.05) is 4.90 Å². The Morgan fingerprint density at radius 2 is 1.80 bits per heavy atom. The summed E-state index contributed by atoms with van der Waals surface area (Å²) in [5.74, 6) is 0.328. The smallest absolute Gasteiger partial charge is 0.227 e. The van der Waals surface area contributed by atoms with Crippen molar-refractivity contribution in [3.05, 3.63) is 11.9 Å². The van der Waals surface area contributed by atoms with Crippen molar-refractivity contribution in [2.75, 3.05) is 50.9 Å². The maximum atomic E-state index is 12.8. The zero-order valence-electron chi connectivity index (χ0n) is 17.6. The van der Waals surface area contributed by atoms with Gasteiger partial charge in [-0.25, -0.2) is 18.4 Å². The van der Waals surface area contributed by atoms with Crippen molar-refractivity contribution in [1.29, 1.82) is 0 Å². The first-order valence-electron chi connectivity index (χ1n) is 10.6. The van der Waals surface area contributed by atoms with Gasteiger partial charge in [0, 0.05) is 58.4 Å². The lowest BCUT2D eigenvalue weighted by Crippen LogP contribution is -2.42. The first kappa shape index (κ1) is 21.0. The van der Waals surface area contributed by atoms with E-state index >= 15 is 0 Å². The van der Waals surface area contributed by atoms with E-state index < -0.39 is 9.84 Å². The highest BCUT2D eigenvalue weighted by atomic mass is 32.2. The van der Waals surface area contributed by atoms with Gasteiger partial charge in [0.1, 0.15) is 4.90 Å². The van der Waals surface area contributed by atoms with Crippen LogP contribution < -0.4 is 4.90 Å². The Morgan fingerprint density at radius 3 is 2.37 bits per heavy atom. The lowest BCUT2D eigenvalue weighted by Gasteiger charge is -2.34. The van der Waals surface area contributed by atoms with Crippen molar-refractivity contribution in [3.63, 3.8) is 0 Å². The first-order valence-corrected chi connectivity index (χ1v) is 12.5. The van der Waals surface area contributed by atoms with E-state index in [1.54, 1.807) is 11.9 Å². The van der Waals surface area contributed by atoms with E-state index in [9.17, 15) is 18.0 Å². The monoisotopic (exact) mass is 435 g/mol. The molecule has 3 aliphatic rings. The zero-order valence-corrected chi connectivity index (χ0v) is 18.4. The van der Waals surface area contributed by atoms with E-state index in [2.05, 4.69) is 9.88 Å². The standard InChI is InChI=1S/C20H29N5O4S/c1-23-13-15(11-17(23)26)19(27)24-9-5-14(6-10-24)18-16(30(2,28)29)12-21-20(22-18)25-7-3-4-8-25/h12,14-15H,3-11,13H2,1-2H3. The molecule has 1 aromatic rings. The third-order valence-electron chi connectivity index (χ3n) is 6.44. The first-order chi connectivity index (χ1) is 14.2. The van der Waals surface area contributed by atoms with E-state index in [0.29, 0.717) is 44.1 Å². The minimum atomic E-state index is -3.45. The van der Waals surface area contributed by atoms with Gasteiger partial charge in [-0.05, 0) is 25.7 Å². The number of aromatic nitrogens is 2. The molecule has 4 rings (SSSR count). The molecule has 0 spiro atoms. The molecule has 0 bridgehead atoms. The highest BCUT2D eigenvalue weighted by Crippen LogP contribution is 2.33. The van der Waals surface area contributed by atoms with Crippen LogP contribution in [-0.4, -0.2) is 86.0 Å². The van der Waals surface area contributed by atoms with Crippen LogP contribution >= 0.6 is 0 Å². The fraction of sp³-hybridized carbons (Fsp3) is 0.700. The SMILES string of the molecule is CN1CC(C(=O)N2CCC(c3nc(N4CCCC4)ncc3S(C)(=O)=O)CC2)CC1=O. The van der Waals surface area contributed by atoms with E-state index in [1.165, 1.54) is 12.5 Å². The Hall–Kier alpha value is -2.23. The average Bonchev–Trinajstić information content (AvgIpc) is 3.37. The molecule has 1 unspecified atom stereocenters. The molecular formula is C20H29N5O4S. The number of nitrogens with zero attached hydrogens (tertiary/aromatic N) is 5. The second-order valence-corrected chi connectivity index (χ2v) is 10.6. The van der Waals surface area contributed by atoms with Gasteiger partial charge in [0.2, 0.25) is 17.8 Å². The van der Waals surface area contributed by atoms with Crippen molar-refractivity contribution in [2.24, 2.45) is 5.92 Å². The molecule has 3 saturated heterocycles. The number of piperidine rings is 1. The minimum Gasteiger partial charge on any atom is -0.345 e. The van der Waals surface area contributed by atoms with Crippen LogP contribution in [0.1, 0.15) is 43.7 Å². The second kappa shape index (κ2) is 8.13. The lowest BCUT2D eigenvalue weighted by atomic mass is 9.92. The number of sulfone groups is 1. The number of amides is 2. The lowest BCUT2D eigenvalue weighted by molar-refractivity contribution is -0.136. The Labute approximate surface area is 177 Å². The summed E-state index contributed by atoms with van der Waals surface area (Å²) in [6, 6.07) is 0. The predicted molar refractivity (Wildman–Crippen MR) is 111 cm³/mol. The predicted octanol–water partition coefficient (Wildman–Crippen LogP) is 0.665. The molecule has 0 saturated carbocycles. The van der Waals surface area contributed by atoms with Crippen LogP contribution in [0.25, 0.3) is 0 Å². The fourth-order valence-electron chi connectivity index (χ4n) is 4.68. The van der Waals surface area contributed by atoms with Gasteiger partial charge < -0.3 is 14.7 Å². The number of likely N-dealkylation sites (tertiary alicyclic amines) is 2. The fourth-order valence-corrected chi connectivity index (χ4v) is 5.52. The van der Waals surface area contributed by atoms with Gasteiger partial charge in [-0.2, -0.15) is 0 Å². The molecule has 164 valence electrons. The topological polar surface area (TPSA) is 104 Å². The summed E-state index contributed by atoms with van der Waals surface area (Å²) in [5, 5.41) is 0. The van der Waals surface area contributed by atoms with Crippen LogP contribution in [0.15, 0.2) is 11.1 Å². The molecule has 9 nitrogen and oxygen atoms in total. The average molecular weight is 436 g/mol.